The molecule has 2 nitrogen and oxygen atoms in total. The van der Waals surface area contributed by atoms with E-state index in [2.05, 4.69) is 16.9 Å². The standard InChI is InChI=1S/C10H14N2/c1-9(6-8-11-2)10-5-3-4-7-12-10/h3-5,7,11H,1,6,8H2,2H3. The van der Waals surface area contributed by atoms with Crippen molar-refractivity contribution >= 4 is 5.57 Å². The molecule has 0 fully saturated rings. The molecule has 1 aromatic heterocycles. The van der Waals surface area contributed by atoms with Crippen LogP contribution in [0.25, 0.3) is 5.57 Å². The number of nitrogens with zero attached hydrogens (tertiary/aromatic N) is 1. The van der Waals surface area contributed by atoms with E-state index in [1.54, 1.807) is 6.20 Å². The van der Waals surface area contributed by atoms with Crippen molar-refractivity contribution < 1.29 is 0 Å². The molecule has 0 spiro atoms. The Labute approximate surface area is 73.3 Å². The molecule has 0 aliphatic carbocycles. The van der Waals surface area contributed by atoms with Crippen molar-refractivity contribution in [3.05, 3.63) is 36.7 Å². The van der Waals surface area contributed by atoms with Gasteiger partial charge in [-0.3, -0.25) is 4.98 Å². The van der Waals surface area contributed by atoms with E-state index in [0.29, 0.717) is 0 Å². The summed E-state index contributed by atoms with van der Waals surface area (Å²) in [5.41, 5.74) is 2.08. The van der Waals surface area contributed by atoms with E-state index < -0.39 is 0 Å². The van der Waals surface area contributed by atoms with Crippen LogP contribution in [0.2, 0.25) is 0 Å². The van der Waals surface area contributed by atoms with Crippen molar-refractivity contribution in [2.75, 3.05) is 13.6 Å². The lowest BCUT2D eigenvalue weighted by Crippen LogP contribution is -2.07. The maximum Gasteiger partial charge on any atom is 0.0656 e. The van der Waals surface area contributed by atoms with Crippen LogP contribution in [-0.2, 0) is 0 Å². The van der Waals surface area contributed by atoms with Crippen LogP contribution in [0, 0.1) is 0 Å². The Hall–Kier alpha value is -1.15. The average Bonchev–Trinajstić information content (AvgIpc) is 2.15. The molecule has 0 saturated carbocycles. The Bertz CT molecular complexity index is 241. The summed E-state index contributed by atoms with van der Waals surface area (Å²) in [6, 6.07) is 5.87. The monoisotopic (exact) mass is 162 g/mol. The highest BCUT2D eigenvalue weighted by atomic mass is 14.8. The van der Waals surface area contributed by atoms with Gasteiger partial charge in [0.25, 0.3) is 0 Å². The summed E-state index contributed by atoms with van der Waals surface area (Å²) in [7, 11) is 1.94. The van der Waals surface area contributed by atoms with Gasteiger partial charge in [0.15, 0.2) is 0 Å². The van der Waals surface area contributed by atoms with Gasteiger partial charge in [0.1, 0.15) is 0 Å². The molecule has 0 atom stereocenters. The van der Waals surface area contributed by atoms with Crippen LogP contribution >= 0.6 is 0 Å². The maximum absolute atomic E-state index is 4.20. The van der Waals surface area contributed by atoms with E-state index in [9.17, 15) is 0 Å². The van der Waals surface area contributed by atoms with Crippen molar-refractivity contribution in [1.82, 2.24) is 10.3 Å². The molecule has 12 heavy (non-hydrogen) atoms. The van der Waals surface area contributed by atoms with Gasteiger partial charge in [-0.05, 0) is 37.7 Å². The summed E-state index contributed by atoms with van der Waals surface area (Å²) in [5, 5.41) is 3.08. The van der Waals surface area contributed by atoms with E-state index in [1.807, 2.05) is 25.2 Å². The van der Waals surface area contributed by atoms with Crippen molar-refractivity contribution in [2.45, 2.75) is 6.42 Å². The molecule has 1 heterocycles. The van der Waals surface area contributed by atoms with Crippen LogP contribution < -0.4 is 5.32 Å². The SMILES string of the molecule is C=C(CCNC)c1ccccn1. The van der Waals surface area contributed by atoms with Gasteiger partial charge in [0, 0.05) is 6.20 Å². The molecule has 1 rings (SSSR count). The average molecular weight is 162 g/mol. The molecule has 0 aliphatic heterocycles. The first kappa shape index (κ1) is 8.94. The summed E-state index contributed by atoms with van der Waals surface area (Å²) < 4.78 is 0. The minimum Gasteiger partial charge on any atom is -0.319 e. The molecule has 0 radical (unpaired) electrons. The highest BCUT2D eigenvalue weighted by Gasteiger charge is 1.97. The number of nitrogens with one attached hydrogen (secondary N) is 1. The largest absolute Gasteiger partial charge is 0.319 e. The molecule has 0 saturated heterocycles. The van der Waals surface area contributed by atoms with Crippen molar-refractivity contribution in [3.63, 3.8) is 0 Å². The first-order chi connectivity index (χ1) is 5.84. The van der Waals surface area contributed by atoms with Crippen molar-refractivity contribution in [3.8, 4) is 0 Å². The van der Waals surface area contributed by atoms with Crippen LogP contribution in [0.3, 0.4) is 0 Å². The first-order valence-electron chi connectivity index (χ1n) is 4.08. The normalized spacial score (nSPS) is 9.75. The fraction of sp³-hybridized carbons (Fsp3) is 0.300. The summed E-state index contributed by atoms with van der Waals surface area (Å²) in [4.78, 5) is 4.20. The van der Waals surface area contributed by atoms with Crippen LogP contribution in [0.5, 0.6) is 0 Å². The molecule has 2 heteroatoms. The summed E-state index contributed by atoms with van der Waals surface area (Å²) >= 11 is 0. The number of hydrogen-bond donors (Lipinski definition) is 1. The highest BCUT2D eigenvalue weighted by molar-refractivity contribution is 5.59. The third-order valence-electron chi connectivity index (χ3n) is 1.70. The highest BCUT2D eigenvalue weighted by Crippen LogP contribution is 2.11. The smallest absolute Gasteiger partial charge is 0.0656 e. The number of hydrogen-bond acceptors (Lipinski definition) is 2. The predicted octanol–water partition coefficient (Wildman–Crippen LogP) is 1.70. The Morgan fingerprint density at radius 1 is 1.58 bits per heavy atom. The lowest BCUT2D eigenvalue weighted by molar-refractivity contribution is 0.814. The van der Waals surface area contributed by atoms with Crippen LogP contribution in [0.1, 0.15) is 12.1 Å². The molecule has 0 bridgehead atoms. The second kappa shape index (κ2) is 4.67. The Balaban J connectivity index is 2.54. The van der Waals surface area contributed by atoms with Crippen LogP contribution in [0.15, 0.2) is 31.0 Å². The molecule has 0 aliphatic rings. The second-order valence-electron chi connectivity index (χ2n) is 2.67. The van der Waals surface area contributed by atoms with Gasteiger partial charge in [-0.25, -0.2) is 0 Å². The number of aromatic nitrogens is 1. The van der Waals surface area contributed by atoms with Gasteiger partial charge in [-0.2, -0.15) is 0 Å². The third kappa shape index (κ3) is 2.47. The zero-order valence-electron chi connectivity index (χ0n) is 7.38. The Morgan fingerprint density at radius 2 is 2.42 bits per heavy atom. The fourth-order valence-corrected chi connectivity index (χ4v) is 0.976. The van der Waals surface area contributed by atoms with E-state index in [1.165, 1.54) is 0 Å². The maximum atomic E-state index is 4.20. The first-order valence-corrected chi connectivity index (χ1v) is 4.08. The Morgan fingerprint density at radius 3 is 3.00 bits per heavy atom. The van der Waals surface area contributed by atoms with Gasteiger partial charge in [-0.1, -0.05) is 12.6 Å². The lowest BCUT2D eigenvalue weighted by Gasteiger charge is -2.03. The zero-order chi connectivity index (χ0) is 8.81. The molecule has 1 N–H and O–H groups in total. The molecule has 1 aromatic rings. The molecular weight excluding hydrogens is 148 g/mol. The minimum atomic E-state index is 0.952. The Kier molecular flexibility index (Phi) is 3.48. The van der Waals surface area contributed by atoms with E-state index >= 15 is 0 Å². The van der Waals surface area contributed by atoms with Crippen LogP contribution in [-0.4, -0.2) is 18.6 Å². The van der Waals surface area contributed by atoms with Crippen molar-refractivity contribution in [1.29, 1.82) is 0 Å². The van der Waals surface area contributed by atoms with Gasteiger partial charge >= 0.3 is 0 Å². The van der Waals surface area contributed by atoms with Gasteiger partial charge < -0.3 is 5.32 Å². The van der Waals surface area contributed by atoms with Crippen molar-refractivity contribution in [2.24, 2.45) is 0 Å². The predicted molar refractivity (Wildman–Crippen MR) is 51.8 cm³/mol. The van der Waals surface area contributed by atoms with E-state index in [-0.39, 0.29) is 0 Å². The summed E-state index contributed by atoms with van der Waals surface area (Å²) in [6.07, 6.45) is 2.74. The lowest BCUT2D eigenvalue weighted by atomic mass is 10.1. The minimum absolute atomic E-state index is 0.952. The number of rotatable bonds is 4. The molecular formula is C10H14N2. The quantitative estimate of drug-likeness (QED) is 0.729. The van der Waals surface area contributed by atoms with Gasteiger partial charge in [0.05, 0.1) is 5.69 Å². The molecule has 0 aromatic carbocycles. The third-order valence-corrected chi connectivity index (χ3v) is 1.70. The summed E-state index contributed by atoms with van der Waals surface area (Å²) in [6.45, 7) is 4.91. The van der Waals surface area contributed by atoms with Crippen LogP contribution in [0.4, 0.5) is 0 Å². The van der Waals surface area contributed by atoms with E-state index in [4.69, 9.17) is 0 Å². The number of pyridine rings is 1. The molecule has 0 unspecified atom stereocenters. The topological polar surface area (TPSA) is 24.9 Å². The zero-order valence-corrected chi connectivity index (χ0v) is 7.38. The van der Waals surface area contributed by atoms with Gasteiger partial charge in [0.2, 0.25) is 0 Å². The van der Waals surface area contributed by atoms with E-state index in [0.717, 1.165) is 24.2 Å². The molecule has 0 amide bonds. The van der Waals surface area contributed by atoms with Gasteiger partial charge in [-0.15, -0.1) is 0 Å². The molecule has 64 valence electrons. The summed E-state index contributed by atoms with van der Waals surface area (Å²) in [5.74, 6) is 0. The second-order valence-corrected chi connectivity index (χ2v) is 2.67. The fourth-order valence-electron chi connectivity index (χ4n) is 0.976.